The van der Waals surface area contributed by atoms with E-state index in [1.165, 1.54) is 0 Å². The van der Waals surface area contributed by atoms with Crippen molar-refractivity contribution in [2.75, 3.05) is 13.2 Å². The smallest absolute Gasteiger partial charge is 0.258 e. The molecule has 1 aromatic heterocycles. The van der Waals surface area contributed by atoms with Crippen molar-refractivity contribution in [3.63, 3.8) is 0 Å². The van der Waals surface area contributed by atoms with Crippen LogP contribution >= 0.6 is 22.6 Å². The van der Waals surface area contributed by atoms with Crippen LogP contribution in [-0.2, 0) is 0 Å². The highest BCUT2D eigenvalue weighted by Crippen LogP contribution is 2.27. The summed E-state index contributed by atoms with van der Waals surface area (Å²) in [5.41, 5.74) is 0. The molecule has 0 N–H and O–H groups in total. The maximum absolute atomic E-state index is 5.29. The molecule has 0 saturated heterocycles. The Morgan fingerprint density at radius 2 is 2.09 bits per heavy atom. The highest BCUT2D eigenvalue weighted by Gasteiger charge is 2.11. The maximum atomic E-state index is 5.29. The Kier molecular flexibility index (Phi) is 1.85. The number of nitrogens with zero attached hydrogens (tertiary/aromatic N) is 1. The summed E-state index contributed by atoms with van der Waals surface area (Å²) in [6.07, 6.45) is 0. The number of ether oxygens (including phenoxy) is 2. The van der Waals surface area contributed by atoms with Crippen LogP contribution in [0.25, 0.3) is 0 Å². The monoisotopic (exact) mass is 263 g/mol. The van der Waals surface area contributed by atoms with Crippen LogP contribution in [0.4, 0.5) is 0 Å². The first-order chi connectivity index (χ1) is 5.36. The van der Waals surface area contributed by atoms with Gasteiger partial charge in [-0.3, -0.25) is 0 Å². The normalized spacial score (nSPS) is 14.6. The molecule has 58 valence electrons. The summed E-state index contributed by atoms with van der Waals surface area (Å²) in [5.74, 6) is 1.36. The third-order valence-electron chi connectivity index (χ3n) is 1.37. The van der Waals surface area contributed by atoms with Crippen molar-refractivity contribution in [1.82, 2.24) is 4.98 Å². The fourth-order valence-electron chi connectivity index (χ4n) is 0.908. The second kappa shape index (κ2) is 2.84. The number of halogens is 1. The highest BCUT2D eigenvalue weighted by molar-refractivity contribution is 14.1. The van der Waals surface area contributed by atoms with Gasteiger partial charge in [0, 0.05) is 0 Å². The van der Waals surface area contributed by atoms with Crippen molar-refractivity contribution < 1.29 is 9.47 Å². The summed E-state index contributed by atoms with van der Waals surface area (Å²) in [4.78, 5) is 4.15. The van der Waals surface area contributed by atoms with Crippen molar-refractivity contribution in [3.05, 3.63) is 15.8 Å². The number of rotatable bonds is 0. The van der Waals surface area contributed by atoms with Gasteiger partial charge in [-0.05, 0) is 34.7 Å². The maximum Gasteiger partial charge on any atom is 0.258 e. The molecule has 4 heteroatoms. The van der Waals surface area contributed by atoms with E-state index in [4.69, 9.17) is 9.47 Å². The number of pyridine rings is 1. The zero-order valence-corrected chi connectivity index (χ0v) is 7.87. The molecule has 0 fully saturated rings. The second-order valence-corrected chi connectivity index (χ2v) is 3.24. The Morgan fingerprint density at radius 3 is 3.00 bits per heavy atom. The Hall–Kier alpha value is -0.520. The second-order valence-electron chi connectivity index (χ2n) is 2.13. The molecular formula is C7H6INO2. The SMILES string of the molecule is Ic1ccc2c(n1)OCCO2. The van der Waals surface area contributed by atoms with E-state index in [1.54, 1.807) is 0 Å². The molecule has 0 radical (unpaired) electrons. The Balaban J connectivity index is 2.43. The van der Waals surface area contributed by atoms with Crippen LogP contribution in [0.1, 0.15) is 0 Å². The predicted molar refractivity (Wildman–Crippen MR) is 47.9 cm³/mol. The first-order valence-electron chi connectivity index (χ1n) is 3.28. The molecule has 1 aliphatic rings. The summed E-state index contributed by atoms with van der Waals surface area (Å²) in [7, 11) is 0. The average molecular weight is 263 g/mol. The van der Waals surface area contributed by atoms with Crippen molar-refractivity contribution >= 4 is 22.6 Å². The number of hydrogen-bond acceptors (Lipinski definition) is 3. The molecule has 11 heavy (non-hydrogen) atoms. The molecule has 0 aromatic carbocycles. The van der Waals surface area contributed by atoms with E-state index in [0.717, 1.165) is 9.45 Å². The largest absolute Gasteiger partial charge is 0.484 e. The number of fused-ring (bicyclic) bond motifs is 1. The van der Waals surface area contributed by atoms with E-state index in [-0.39, 0.29) is 0 Å². The average Bonchev–Trinajstić information content (AvgIpc) is 2.04. The number of aromatic nitrogens is 1. The minimum atomic E-state index is 0.597. The first kappa shape index (κ1) is 7.15. The van der Waals surface area contributed by atoms with E-state index >= 15 is 0 Å². The van der Waals surface area contributed by atoms with Crippen LogP contribution < -0.4 is 9.47 Å². The topological polar surface area (TPSA) is 31.4 Å². The van der Waals surface area contributed by atoms with Crippen LogP contribution in [0, 0.1) is 3.70 Å². The first-order valence-corrected chi connectivity index (χ1v) is 4.36. The minimum absolute atomic E-state index is 0.597. The molecule has 1 aromatic rings. The molecular weight excluding hydrogens is 257 g/mol. The van der Waals surface area contributed by atoms with E-state index in [1.807, 2.05) is 12.1 Å². The van der Waals surface area contributed by atoms with Gasteiger partial charge < -0.3 is 9.47 Å². The molecule has 0 spiro atoms. The van der Waals surface area contributed by atoms with Crippen molar-refractivity contribution in [2.45, 2.75) is 0 Å². The number of hydrogen-bond donors (Lipinski definition) is 0. The molecule has 2 rings (SSSR count). The molecule has 0 atom stereocenters. The summed E-state index contributed by atoms with van der Waals surface area (Å²) in [6.45, 7) is 1.22. The van der Waals surface area contributed by atoms with Crippen molar-refractivity contribution in [1.29, 1.82) is 0 Å². The lowest BCUT2D eigenvalue weighted by Gasteiger charge is -2.16. The van der Waals surface area contributed by atoms with Crippen molar-refractivity contribution in [3.8, 4) is 11.6 Å². The van der Waals surface area contributed by atoms with E-state index < -0.39 is 0 Å². The molecule has 0 bridgehead atoms. The Labute approximate surface area is 77.9 Å². The summed E-state index contributed by atoms with van der Waals surface area (Å²) >= 11 is 2.14. The van der Waals surface area contributed by atoms with E-state index in [9.17, 15) is 0 Å². The van der Waals surface area contributed by atoms with Crippen molar-refractivity contribution in [2.24, 2.45) is 0 Å². The van der Waals surface area contributed by atoms with Gasteiger partial charge >= 0.3 is 0 Å². The fourth-order valence-corrected chi connectivity index (χ4v) is 1.31. The molecule has 2 heterocycles. The third-order valence-corrected chi connectivity index (χ3v) is 1.97. The van der Waals surface area contributed by atoms with E-state index in [2.05, 4.69) is 27.6 Å². The molecule has 0 amide bonds. The molecule has 0 aliphatic carbocycles. The van der Waals surface area contributed by atoms with Gasteiger partial charge in [0.05, 0.1) is 0 Å². The van der Waals surface area contributed by atoms with Crippen LogP contribution in [-0.4, -0.2) is 18.2 Å². The standard InChI is InChI=1S/C7H6INO2/c8-6-2-1-5-7(9-6)11-4-3-10-5/h1-2H,3-4H2. The Morgan fingerprint density at radius 1 is 1.27 bits per heavy atom. The Bertz CT molecular complexity index is 277. The van der Waals surface area contributed by atoms with Gasteiger partial charge in [-0.1, -0.05) is 0 Å². The van der Waals surface area contributed by atoms with Crippen LogP contribution in [0.15, 0.2) is 12.1 Å². The molecule has 0 saturated carbocycles. The summed E-state index contributed by atoms with van der Waals surface area (Å²) < 4.78 is 11.5. The third kappa shape index (κ3) is 1.40. The van der Waals surface area contributed by atoms with Crippen LogP contribution in [0.2, 0.25) is 0 Å². The van der Waals surface area contributed by atoms with Gasteiger partial charge in [0.15, 0.2) is 5.75 Å². The summed E-state index contributed by atoms with van der Waals surface area (Å²) in [6, 6.07) is 3.78. The van der Waals surface area contributed by atoms with Gasteiger partial charge in [0.2, 0.25) is 0 Å². The van der Waals surface area contributed by atoms with Gasteiger partial charge in [-0.15, -0.1) is 0 Å². The molecule has 0 unspecified atom stereocenters. The predicted octanol–water partition coefficient (Wildman–Crippen LogP) is 1.46. The minimum Gasteiger partial charge on any atom is -0.484 e. The quantitative estimate of drug-likeness (QED) is 0.524. The fraction of sp³-hybridized carbons (Fsp3) is 0.286. The lowest BCUT2D eigenvalue weighted by Crippen LogP contribution is -2.16. The van der Waals surface area contributed by atoms with Crippen LogP contribution in [0.3, 0.4) is 0 Å². The highest BCUT2D eigenvalue weighted by atomic mass is 127. The zero-order valence-electron chi connectivity index (χ0n) is 5.71. The molecule has 1 aliphatic heterocycles. The summed E-state index contributed by atoms with van der Waals surface area (Å²) in [5, 5.41) is 0. The van der Waals surface area contributed by atoms with Crippen LogP contribution in [0.5, 0.6) is 11.6 Å². The lowest BCUT2D eigenvalue weighted by molar-refractivity contribution is 0.164. The van der Waals surface area contributed by atoms with Gasteiger partial charge in [0.1, 0.15) is 16.9 Å². The lowest BCUT2D eigenvalue weighted by atomic mass is 10.4. The molecule has 3 nitrogen and oxygen atoms in total. The van der Waals surface area contributed by atoms with Gasteiger partial charge in [0.25, 0.3) is 5.88 Å². The van der Waals surface area contributed by atoms with E-state index in [0.29, 0.717) is 19.1 Å². The van der Waals surface area contributed by atoms with Gasteiger partial charge in [-0.25, -0.2) is 4.98 Å². The van der Waals surface area contributed by atoms with Gasteiger partial charge in [-0.2, -0.15) is 0 Å². The zero-order chi connectivity index (χ0) is 7.68.